The summed E-state index contributed by atoms with van der Waals surface area (Å²) < 4.78 is 0. The van der Waals surface area contributed by atoms with Crippen molar-refractivity contribution in [3.63, 3.8) is 0 Å². The van der Waals surface area contributed by atoms with Gasteiger partial charge in [-0.2, -0.15) is 5.26 Å². The average molecular weight is 249 g/mol. The van der Waals surface area contributed by atoms with Crippen molar-refractivity contribution in [1.82, 2.24) is 4.98 Å². The first-order chi connectivity index (χ1) is 7.78. The Bertz CT molecular complexity index is 511. The van der Waals surface area contributed by atoms with Crippen LogP contribution in [0.25, 0.3) is 0 Å². The maximum Gasteiger partial charge on any atom is 0.0971 e. The number of thiazole rings is 1. The second-order valence-corrected chi connectivity index (χ2v) is 4.99. The van der Waals surface area contributed by atoms with Gasteiger partial charge in [-0.25, -0.2) is 4.98 Å². The lowest BCUT2D eigenvalue weighted by Crippen LogP contribution is -1.85. The van der Waals surface area contributed by atoms with Gasteiger partial charge in [-0.05, 0) is 17.7 Å². The third-order valence-electron chi connectivity index (χ3n) is 2.12. The van der Waals surface area contributed by atoms with E-state index in [4.69, 9.17) is 16.9 Å². The predicted octanol–water partition coefficient (Wildman–Crippen LogP) is 3.45. The van der Waals surface area contributed by atoms with Crippen molar-refractivity contribution in [3.8, 4) is 6.07 Å². The highest BCUT2D eigenvalue weighted by atomic mass is 35.5. The van der Waals surface area contributed by atoms with Crippen molar-refractivity contribution in [2.24, 2.45) is 0 Å². The molecule has 2 rings (SSSR count). The quantitative estimate of drug-likeness (QED) is 0.834. The number of nitriles is 1. The molecule has 0 amide bonds. The largest absolute Gasteiger partial charge is 0.249 e. The molecule has 0 spiro atoms. The van der Waals surface area contributed by atoms with E-state index in [2.05, 4.69) is 11.1 Å². The molecule has 0 unspecified atom stereocenters. The summed E-state index contributed by atoms with van der Waals surface area (Å²) in [6.45, 7) is 0. The van der Waals surface area contributed by atoms with Crippen LogP contribution in [0.1, 0.15) is 15.4 Å². The first-order valence-electron chi connectivity index (χ1n) is 4.83. The van der Waals surface area contributed by atoms with Crippen LogP contribution in [0, 0.1) is 11.3 Å². The van der Waals surface area contributed by atoms with Gasteiger partial charge in [-0.1, -0.05) is 23.7 Å². The van der Waals surface area contributed by atoms with Crippen molar-refractivity contribution < 1.29 is 0 Å². The third kappa shape index (κ3) is 2.82. The molecule has 0 aliphatic heterocycles. The maximum atomic E-state index is 8.56. The van der Waals surface area contributed by atoms with Crippen LogP contribution in [-0.2, 0) is 12.8 Å². The van der Waals surface area contributed by atoms with Gasteiger partial charge in [0.1, 0.15) is 0 Å². The molecule has 2 aromatic rings. The molecular formula is C12H9ClN2S. The topological polar surface area (TPSA) is 36.7 Å². The van der Waals surface area contributed by atoms with Gasteiger partial charge in [0.2, 0.25) is 0 Å². The van der Waals surface area contributed by atoms with Gasteiger partial charge in [-0.3, -0.25) is 0 Å². The lowest BCUT2D eigenvalue weighted by atomic mass is 10.2. The summed E-state index contributed by atoms with van der Waals surface area (Å²) >= 11 is 7.40. The summed E-state index contributed by atoms with van der Waals surface area (Å²) in [5.41, 5.74) is 1.18. The van der Waals surface area contributed by atoms with Crippen molar-refractivity contribution in [3.05, 3.63) is 50.9 Å². The molecule has 2 nitrogen and oxygen atoms in total. The minimum atomic E-state index is 0.443. The lowest BCUT2D eigenvalue weighted by molar-refractivity contribution is 1.13. The normalized spacial score (nSPS) is 10.0. The maximum absolute atomic E-state index is 8.56. The molecule has 0 atom stereocenters. The Labute approximate surface area is 103 Å². The molecule has 0 aliphatic rings. The van der Waals surface area contributed by atoms with E-state index in [1.807, 2.05) is 24.3 Å². The minimum Gasteiger partial charge on any atom is -0.249 e. The zero-order chi connectivity index (χ0) is 11.4. The van der Waals surface area contributed by atoms with Crippen LogP contribution in [0.5, 0.6) is 0 Å². The van der Waals surface area contributed by atoms with Crippen LogP contribution < -0.4 is 0 Å². The van der Waals surface area contributed by atoms with Crippen LogP contribution in [0.4, 0.5) is 0 Å². The molecule has 0 aliphatic carbocycles. The molecule has 80 valence electrons. The zero-order valence-corrected chi connectivity index (χ0v) is 10.1. The van der Waals surface area contributed by atoms with Crippen molar-refractivity contribution in [2.45, 2.75) is 12.8 Å². The van der Waals surface area contributed by atoms with E-state index in [1.165, 1.54) is 5.56 Å². The zero-order valence-electron chi connectivity index (χ0n) is 8.48. The first-order valence-corrected chi connectivity index (χ1v) is 6.02. The van der Waals surface area contributed by atoms with E-state index in [1.54, 1.807) is 17.5 Å². The Balaban J connectivity index is 2.09. The van der Waals surface area contributed by atoms with E-state index in [0.29, 0.717) is 6.42 Å². The Morgan fingerprint density at radius 3 is 2.75 bits per heavy atom. The second kappa shape index (κ2) is 5.11. The summed E-state index contributed by atoms with van der Waals surface area (Å²) in [4.78, 5) is 5.31. The molecule has 0 radical (unpaired) electrons. The van der Waals surface area contributed by atoms with Gasteiger partial charge in [0.05, 0.1) is 17.5 Å². The number of aromatic nitrogens is 1. The number of nitrogens with zero attached hydrogens (tertiary/aromatic N) is 2. The van der Waals surface area contributed by atoms with Crippen LogP contribution in [-0.4, -0.2) is 4.98 Å². The Morgan fingerprint density at radius 2 is 2.06 bits per heavy atom. The van der Waals surface area contributed by atoms with Gasteiger partial charge in [0, 0.05) is 22.5 Å². The number of benzene rings is 1. The lowest BCUT2D eigenvalue weighted by Gasteiger charge is -1.97. The third-order valence-corrected chi connectivity index (χ3v) is 3.37. The molecule has 0 saturated heterocycles. The van der Waals surface area contributed by atoms with Crippen LogP contribution in [0.3, 0.4) is 0 Å². The SMILES string of the molecule is N#CCc1cnc(Cc2ccc(Cl)cc2)s1. The monoisotopic (exact) mass is 248 g/mol. The molecule has 1 aromatic heterocycles. The molecule has 0 saturated carbocycles. The van der Waals surface area contributed by atoms with E-state index in [9.17, 15) is 0 Å². The minimum absolute atomic E-state index is 0.443. The molecular weight excluding hydrogens is 240 g/mol. The van der Waals surface area contributed by atoms with Crippen molar-refractivity contribution >= 4 is 22.9 Å². The molecule has 0 N–H and O–H groups in total. The fourth-order valence-corrected chi connectivity index (χ4v) is 2.38. The van der Waals surface area contributed by atoms with Gasteiger partial charge in [0.15, 0.2) is 0 Å². The second-order valence-electron chi connectivity index (χ2n) is 3.36. The summed E-state index contributed by atoms with van der Waals surface area (Å²) in [5, 5.41) is 10.3. The summed E-state index contributed by atoms with van der Waals surface area (Å²) in [7, 11) is 0. The van der Waals surface area contributed by atoms with Crippen molar-refractivity contribution in [2.75, 3.05) is 0 Å². The number of hydrogen-bond donors (Lipinski definition) is 0. The Hall–Kier alpha value is -1.37. The van der Waals surface area contributed by atoms with Gasteiger partial charge in [-0.15, -0.1) is 11.3 Å². The molecule has 1 aromatic carbocycles. The molecule has 0 fully saturated rings. The standard InChI is InChI=1S/C12H9ClN2S/c13-10-3-1-9(2-4-10)7-12-15-8-11(16-12)5-6-14/h1-4,8H,5,7H2. The first kappa shape index (κ1) is 11.1. The summed E-state index contributed by atoms with van der Waals surface area (Å²) in [5.74, 6) is 0. The van der Waals surface area contributed by atoms with Gasteiger partial charge >= 0.3 is 0 Å². The van der Waals surface area contributed by atoms with Gasteiger partial charge in [0.25, 0.3) is 0 Å². The predicted molar refractivity (Wildman–Crippen MR) is 65.7 cm³/mol. The fraction of sp³-hybridized carbons (Fsp3) is 0.167. The van der Waals surface area contributed by atoms with Gasteiger partial charge < -0.3 is 0 Å². The number of hydrogen-bond acceptors (Lipinski definition) is 3. The molecule has 4 heteroatoms. The van der Waals surface area contributed by atoms with Crippen molar-refractivity contribution in [1.29, 1.82) is 5.26 Å². The average Bonchev–Trinajstić information content (AvgIpc) is 2.70. The van der Waals surface area contributed by atoms with Crippen LogP contribution in [0.15, 0.2) is 30.5 Å². The molecule has 0 bridgehead atoms. The van der Waals surface area contributed by atoms with Crippen LogP contribution >= 0.6 is 22.9 Å². The highest BCUT2D eigenvalue weighted by molar-refractivity contribution is 7.11. The van der Waals surface area contributed by atoms with E-state index in [-0.39, 0.29) is 0 Å². The number of halogens is 1. The summed E-state index contributed by atoms with van der Waals surface area (Å²) in [6.07, 6.45) is 3.02. The fourth-order valence-electron chi connectivity index (χ4n) is 1.37. The van der Waals surface area contributed by atoms with Crippen LogP contribution in [0.2, 0.25) is 5.02 Å². The van der Waals surface area contributed by atoms with E-state index >= 15 is 0 Å². The number of rotatable bonds is 3. The summed E-state index contributed by atoms with van der Waals surface area (Å²) in [6, 6.07) is 9.86. The highest BCUT2D eigenvalue weighted by Gasteiger charge is 2.02. The molecule has 1 heterocycles. The highest BCUT2D eigenvalue weighted by Crippen LogP contribution is 2.18. The smallest absolute Gasteiger partial charge is 0.0971 e. The van der Waals surface area contributed by atoms with E-state index in [0.717, 1.165) is 21.3 Å². The Morgan fingerprint density at radius 1 is 1.31 bits per heavy atom. The molecule has 16 heavy (non-hydrogen) atoms. The van der Waals surface area contributed by atoms with E-state index < -0.39 is 0 Å². The Kier molecular flexibility index (Phi) is 3.55.